The van der Waals surface area contributed by atoms with Gasteiger partial charge in [0.25, 0.3) is 0 Å². The van der Waals surface area contributed by atoms with E-state index in [2.05, 4.69) is 46.6 Å². The van der Waals surface area contributed by atoms with Crippen LogP contribution < -0.4 is 15.5 Å². The van der Waals surface area contributed by atoms with Crippen molar-refractivity contribution in [3.05, 3.63) is 18.3 Å². The molecule has 0 bridgehead atoms. The minimum Gasteiger partial charge on any atom is -0.370 e. The predicted octanol–water partition coefficient (Wildman–Crippen LogP) is 3.26. The van der Waals surface area contributed by atoms with Gasteiger partial charge in [-0.3, -0.25) is 0 Å². The van der Waals surface area contributed by atoms with Crippen molar-refractivity contribution in [2.45, 2.75) is 57.5 Å². The fourth-order valence-corrected chi connectivity index (χ4v) is 3.91. The third kappa shape index (κ3) is 3.72. The number of anilines is 2. The molecule has 2 atom stereocenters. The van der Waals surface area contributed by atoms with Gasteiger partial charge in [-0.2, -0.15) is 0 Å². The maximum absolute atomic E-state index is 4.53. The third-order valence-corrected chi connectivity index (χ3v) is 5.44. The number of hydrogen-bond acceptors (Lipinski definition) is 4. The molecule has 3 rings (SSSR count). The highest BCUT2D eigenvalue weighted by atomic mass is 15.2. The van der Waals surface area contributed by atoms with E-state index in [0.29, 0.717) is 12.1 Å². The Kier molecular flexibility index (Phi) is 5.19. The molecule has 22 heavy (non-hydrogen) atoms. The zero-order valence-corrected chi connectivity index (χ0v) is 14.0. The summed E-state index contributed by atoms with van der Waals surface area (Å²) >= 11 is 0. The molecular weight excluding hydrogens is 272 g/mol. The largest absolute Gasteiger partial charge is 0.370 e. The standard InChI is InChI=1S/C18H30N4/c1-14(15-6-4-3-5-7-15)21-18-12-17(8-10-20-18)22-11-9-16(13-22)19-2/h8,10,12,14-16,19H,3-7,9,11,13H2,1-2H3,(H,20,21)/t14?,16-/m0/s1. The molecule has 2 fully saturated rings. The molecule has 2 N–H and O–H groups in total. The van der Waals surface area contributed by atoms with Gasteiger partial charge < -0.3 is 15.5 Å². The van der Waals surface area contributed by atoms with Crippen LogP contribution in [0.25, 0.3) is 0 Å². The van der Waals surface area contributed by atoms with E-state index >= 15 is 0 Å². The molecule has 1 saturated carbocycles. The first-order chi connectivity index (χ1) is 10.8. The molecule has 1 saturated heterocycles. The van der Waals surface area contributed by atoms with E-state index < -0.39 is 0 Å². The molecule has 0 spiro atoms. The van der Waals surface area contributed by atoms with Crippen LogP contribution in [0.4, 0.5) is 11.5 Å². The van der Waals surface area contributed by atoms with Gasteiger partial charge in [0.15, 0.2) is 0 Å². The summed E-state index contributed by atoms with van der Waals surface area (Å²) in [6.07, 6.45) is 10.1. The molecule has 1 unspecified atom stereocenters. The summed E-state index contributed by atoms with van der Waals surface area (Å²) in [7, 11) is 2.06. The predicted molar refractivity (Wildman–Crippen MR) is 93.6 cm³/mol. The Morgan fingerprint density at radius 1 is 1.23 bits per heavy atom. The minimum atomic E-state index is 0.520. The highest BCUT2D eigenvalue weighted by Crippen LogP contribution is 2.28. The highest BCUT2D eigenvalue weighted by molar-refractivity contribution is 5.55. The van der Waals surface area contributed by atoms with Crippen molar-refractivity contribution >= 4 is 11.5 Å². The second-order valence-electron chi connectivity index (χ2n) is 6.95. The molecule has 122 valence electrons. The average Bonchev–Trinajstić information content (AvgIpc) is 3.05. The number of likely N-dealkylation sites (N-methyl/N-ethyl adjacent to an activating group) is 1. The second kappa shape index (κ2) is 7.32. The first-order valence-electron chi connectivity index (χ1n) is 8.91. The van der Waals surface area contributed by atoms with Crippen molar-refractivity contribution in [1.29, 1.82) is 0 Å². The SMILES string of the molecule is CN[C@H]1CCN(c2ccnc(NC(C)C3CCCCC3)c2)C1. The van der Waals surface area contributed by atoms with E-state index in [4.69, 9.17) is 0 Å². The fraction of sp³-hybridized carbons (Fsp3) is 0.722. The topological polar surface area (TPSA) is 40.2 Å². The molecule has 1 aliphatic heterocycles. The summed E-state index contributed by atoms with van der Waals surface area (Å²) in [6.45, 7) is 4.54. The van der Waals surface area contributed by atoms with Gasteiger partial charge in [-0.15, -0.1) is 0 Å². The second-order valence-corrected chi connectivity index (χ2v) is 6.95. The van der Waals surface area contributed by atoms with Crippen LogP contribution in [0.2, 0.25) is 0 Å². The van der Waals surface area contributed by atoms with E-state index in [1.165, 1.54) is 44.2 Å². The fourth-order valence-electron chi connectivity index (χ4n) is 3.91. The van der Waals surface area contributed by atoms with Crippen molar-refractivity contribution in [3.63, 3.8) is 0 Å². The van der Waals surface area contributed by atoms with Crippen LogP contribution in [0.5, 0.6) is 0 Å². The summed E-state index contributed by atoms with van der Waals surface area (Å²) in [6, 6.07) is 5.49. The van der Waals surface area contributed by atoms with E-state index in [0.717, 1.165) is 24.8 Å². The van der Waals surface area contributed by atoms with E-state index in [9.17, 15) is 0 Å². The smallest absolute Gasteiger partial charge is 0.128 e. The zero-order chi connectivity index (χ0) is 15.4. The quantitative estimate of drug-likeness (QED) is 0.876. The van der Waals surface area contributed by atoms with Crippen molar-refractivity contribution < 1.29 is 0 Å². The summed E-state index contributed by atoms with van der Waals surface area (Å²) in [5.41, 5.74) is 1.30. The molecule has 4 nitrogen and oxygen atoms in total. The summed E-state index contributed by atoms with van der Waals surface area (Å²) in [5, 5.41) is 7.03. The average molecular weight is 302 g/mol. The van der Waals surface area contributed by atoms with Gasteiger partial charge in [-0.25, -0.2) is 4.98 Å². The first kappa shape index (κ1) is 15.6. The summed E-state index contributed by atoms with van der Waals surface area (Å²) < 4.78 is 0. The third-order valence-electron chi connectivity index (χ3n) is 5.44. The van der Waals surface area contributed by atoms with Gasteiger partial charge in [0.1, 0.15) is 5.82 Å². The number of nitrogens with zero attached hydrogens (tertiary/aromatic N) is 2. The lowest BCUT2D eigenvalue weighted by atomic mass is 9.84. The van der Waals surface area contributed by atoms with Crippen LogP contribution in [0.3, 0.4) is 0 Å². The normalized spacial score (nSPS) is 24.5. The Labute approximate surface area is 134 Å². The molecule has 0 aromatic carbocycles. The molecule has 4 heteroatoms. The Morgan fingerprint density at radius 3 is 2.77 bits per heavy atom. The maximum Gasteiger partial charge on any atom is 0.128 e. The summed E-state index contributed by atoms with van der Waals surface area (Å²) in [4.78, 5) is 6.99. The van der Waals surface area contributed by atoms with Crippen molar-refractivity contribution in [1.82, 2.24) is 10.3 Å². The van der Waals surface area contributed by atoms with Gasteiger partial charge in [-0.1, -0.05) is 19.3 Å². The van der Waals surface area contributed by atoms with Crippen LogP contribution in [-0.2, 0) is 0 Å². The van der Waals surface area contributed by atoms with Gasteiger partial charge in [0.05, 0.1) is 0 Å². The molecular formula is C18H30N4. The molecule has 1 aromatic rings. The van der Waals surface area contributed by atoms with Gasteiger partial charge in [-0.05, 0) is 45.2 Å². The highest BCUT2D eigenvalue weighted by Gasteiger charge is 2.23. The van der Waals surface area contributed by atoms with E-state index in [1.807, 2.05) is 6.20 Å². The Balaban J connectivity index is 1.61. The summed E-state index contributed by atoms with van der Waals surface area (Å²) in [5.74, 6) is 1.84. The minimum absolute atomic E-state index is 0.520. The van der Waals surface area contributed by atoms with E-state index in [-0.39, 0.29) is 0 Å². The molecule has 2 heterocycles. The Bertz CT molecular complexity index is 470. The van der Waals surface area contributed by atoms with Gasteiger partial charge in [0.2, 0.25) is 0 Å². The number of rotatable bonds is 5. The van der Waals surface area contributed by atoms with Crippen LogP contribution in [0.1, 0.15) is 45.4 Å². The molecule has 2 aliphatic rings. The van der Waals surface area contributed by atoms with Crippen molar-refractivity contribution in [2.24, 2.45) is 5.92 Å². The van der Waals surface area contributed by atoms with Crippen LogP contribution >= 0.6 is 0 Å². The van der Waals surface area contributed by atoms with Crippen molar-refractivity contribution in [3.8, 4) is 0 Å². The van der Waals surface area contributed by atoms with Crippen LogP contribution in [0.15, 0.2) is 18.3 Å². The molecule has 0 amide bonds. The zero-order valence-electron chi connectivity index (χ0n) is 14.0. The first-order valence-corrected chi connectivity index (χ1v) is 8.91. The maximum atomic E-state index is 4.53. The lowest BCUT2D eigenvalue weighted by Gasteiger charge is -2.29. The van der Waals surface area contributed by atoms with Crippen molar-refractivity contribution in [2.75, 3.05) is 30.4 Å². The monoisotopic (exact) mass is 302 g/mol. The van der Waals surface area contributed by atoms with Gasteiger partial charge in [0, 0.05) is 43.1 Å². The van der Waals surface area contributed by atoms with E-state index in [1.54, 1.807) is 0 Å². The number of hydrogen-bond donors (Lipinski definition) is 2. The number of nitrogens with one attached hydrogen (secondary N) is 2. The van der Waals surface area contributed by atoms with Crippen LogP contribution in [-0.4, -0.2) is 37.2 Å². The Hall–Kier alpha value is -1.29. The molecule has 0 radical (unpaired) electrons. The number of pyridine rings is 1. The van der Waals surface area contributed by atoms with Gasteiger partial charge >= 0.3 is 0 Å². The Morgan fingerprint density at radius 2 is 2.05 bits per heavy atom. The molecule has 1 aliphatic carbocycles. The molecule has 1 aromatic heterocycles. The number of aromatic nitrogens is 1. The lowest BCUT2D eigenvalue weighted by Crippen LogP contribution is -2.30. The van der Waals surface area contributed by atoms with Crippen LogP contribution in [0, 0.1) is 5.92 Å². The lowest BCUT2D eigenvalue weighted by molar-refractivity contribution is 0.328.